The zero-order valence-electron chi connectivity index (χ0n) is 15.7. The van der Waals surface area contributed by atoms with E-state index in [-0.39, 0.29) is 12.5 Å². The minimum atomic E-state index is -0.169. The molecule has 5 heterocycles. The Bertz CT molecular complexity index is 1350. The molecule has 29 heavy (non-hydrogen) atoms. The second-order valence-electron chi connectivity index (χ2n) is 6.57. The number of hydrogen-bond donors (Lipinski definition) is 1. The van der Waals surface area contributed by atoms with E-state index in [0.717, 1.165) is 27.1 Å². The molecule has 0 atom stereocenters. The van der Waals surface area contributed by atoms with Gasteiger partial charge in [-0.15, -0.1) is 21.5 Å². The first-order valence-corrected chi connectivity index (χ1v) is 9.82. The minimum absolute atomic E-state index is 0.169. The van der Waals surface area contributed by atoms with Gasteiger partial charge in [0, 0.05) is 11.6 Å². The summed E-state index contributed by atoms with van der Waals surface area (Å²) in [4.78, 5) is 23.4. The summed E-state index contributed by atoms with van der Waals surface area (Å²) in [5.74, 6) is 1.62. The van der Waals surface area contributed by atoms with E-state index in [1.54, 1.807) is 12.3 Å². The van der Waals surface area contributed by atoms with E-state index in [2.05, 4.69) is 25.5 Å². The molecule has 5 aromatic heterocycles. The van der Waals surface area contributed by atoms with Crippen molar-refractivity contribution < 1.29 is 9.21 Å². The number of carbonyl (C=O) groups is 1. The Morgan fingerprint density at radius 2 is 2.07 bits per heavy atom. The van der Waals surface area contributed by atoms with Crippen LogP contribution in [0.4, 0.5) is 0 Å². The van der Waals surface area contributed by atoms with Crippen LogP contribution in [0.2, 0.25) is 0 Å². The van der Waals surface area contributed by atoms with Crippen LogP contribution in [0.25, 0.3) is 27.4 Å². The Hall–Kier alpha value is -3.59. The lowest BCUT2D eigenvalue weighted by Gasteiger charge is -2.04. The maximum absolute atomic E-state index is 12.9. The molecule has 0 bridgehead atoms. The van der Waals surface area contributed by atoms with E-state index in [1.807, 2.05) is 48.7 Å². The van der Waals surface area contributed by atoms with Crippen LogP contribution >= 0.6 is 11.3 Å². The van der Waals surface area contributed by atoms with Gasteiger partial charge in [0.05, 0.1) is 23.4 Å². The highest BCUT2D eigenvalue weighted by Crippen LogP contribution is 2.33. The van der Waals surface area contributed by atoms with Crippen LogP contribution in [0.5, 0.6) is 0 Å². The number of furan rings is 1. The van der Waals surface area contributed by atoms with E-state index in [9.17, 15) is 4.79 Å². The summed E-state index contributed by atoms with van der Waals surface area (Å²) >= 11 is 1.35. The second-order valence-corrected chi connectivity index (χ2v) is 7.57. The quantitative estimate of drug-likeness (QED) is 0.492. The number of hydrogen-bond acceptors (Lipinski definition) is 7. The first-order chi connectivity index (χ1) is 14.1. The van der Waals surface area contributed by atoms with Crippen molar-refractivity contribution in [3.8, 4) is 11.6 Å². The second kappa shape index (κ2) is 6.78. The summed E-state index contributed by atoms with van der Waals surface area (Å²) in [6.45, 7) is 4.11. The molecule has 5 aromatic rings. The van der Waals surface area contributed by atoms with Gasteiger partial charge in [0.1, 0.15) is 4.83 Å². The van der Waals surface area contributed by atoms with Crippen LogP contribution in [0.3, 0.4) is 0 Å². The van der Waals surface area contributed by atoms with Crippen LogP contribution < -0.4 is 5.32 Å². The van der Waals surface area contributed by atoms with Gasteiger partial charge in [-0.1, -0.05) is 6.07 Å². The number of amides is 1. The molecule has 0 saturated heterocycles. The Labute approximate surface area is 169 Å². The maximum Gasteiger partial charge on any atom is 0.262 e. The molecule has 0 aliphatic heterocycles. The summed E-state index contributed by atoms with van der Waals surface area (Å²) in [5, 5.41) is 12.1. The van der Waals surface area contributed by atoms with Crippen LogP contribution in [0.1, 0.15) is 26.8 Å². The van der Waals surface area contributed by atoms with Gasteiger partial charge < -0.3 is 9.73 Å². The van der Waals surface area contributed by atoms with Crippen LogP contribution in [-0.2, 0) is 6.54 Å². The van der Waals surface area contributed by atoms with E-state index in [4.69, 9.17) is 4.42 Å². The molecule has 144 valence electrons. The van der Waals surface area contributed by atoms with Gasteiger partial charge in [-0.25, -0.2) is 9.97 Å². The lowest BCUT2D eigenvalue weighted by molar-refractivity contribution is 0.0953. The number of pyridine rings is 1. The van der Waals surface area contributed by atoms with Crippen LogP contribution in [0, 0.1) is 13.8 Å². The molecule has 0 aliphatic rings. The smallest absolute Gasteiger partial charge is 0.262 e. The number of rotatable bonds is 4. The zero-order chi connectivity index (χ0) is 20.0. The third kappa shape index (κ3) is 2.95. The number of fused-ring (bicyclic) bond motifs is 2. The van der Waals surface area contributed by atoms with E-state index >= 15 is 0 Å². The van der Waals surface area contributed by atoms with Crippen molar-refractivity contribution in [2.45, 2.75) is 20.4 Å². The Kier molecular flexibility index (Phi) is 4.09. The lowest BCUT2D eigenvalue weighted by Crippen LogP contribution is -2.23. The van der Waals surface area contributed by atoms with Gasteiger partial charge in [-0.2, -0.15) is 0 Å². The first-order valence-electron chi connectivity index (χ1n) is 9.00. The summed E-state index contributed by atoms with van der Waals surface area (Å²) in [5.41, 5.74) is 2.43. The maximum atomic E-state index is 12.9. The molecule has 0 radical (unpaired) electrons. The molecule has 9 heteroatoms. The fourth-order valence-electron chi connectivity index (χ4n) is 3.32. The molecule has 0 spiro atoms. The Morgan fingerprint density at radius 1 is 1.17 bits per heavy atom. The molecule has 0 aromatic carbocycles. The Balaban J connectivity index is 1.45. The lowest BCUT2D eigenvalue weighted by atomic mass is 10.1. The van der Waals surface area contributed by atoms with Gasteiger partial charge in [-0.05, 0) is 43.7 Å². The molecule has 0 unspecified atom stereocenters. The summed E-state index contributed by atoms with van der Waals surface area (Å²) in [6, 6.07) is 9.28. The van der Waals surface area contributed by atoms with Gasteiger partial charge >= 0.3 is 0 Å². The van der Waals surface area contributed by atoms with Gasteiger partial charge in [0.2, 0.25) is 0 Å². The summed E-state index contributed by atoms with van der Waals surface area (Å²) in [6.07, 6.45) is 3.46. The molecule has 1 amide bonds. The number of aryl methyl sites for hydroxylation is 2. The number of thiophene rings is 1. The van der Waals surface area contributed by atoms with E-state index in [1.165, 1.54) is 11.3 Å². The van der Waals surface area contributed by atoms with E-state index in [0.29, 0.717) is 22.3 Å². The summed E-state index contributed by atoms with van der Waals surface area (Å²) < 4.78 is 7.26. The molecule has 1 N–H and O–H groups in total. The van der Waals surface area contributed by atoms with Crippen molar-refractivity contribution in [2.24, 2.45) is 0 Å². The highest BCUT2D eigenvalue weighted by Gasteiger charge is 2.20. The normalized spacial score (nSPS) is 11.4. The molecule has 5 rings (SSSR count). The molecule has 0 saturated carbocycles. The predicted molar refractivity (Wildman–Crippen MR) is 109 cm³/mol. The number of nitrogens with one attached hydrogen (secondary N) is 1. The Morgan fingerprint density at radius 3 is 2.90 bits per heavy atom. The van der Waals surface area contributed by atoms with Crippen molar-refractivity contribution in [1.82, 2.24) is 29.9 Å². The van der Waals surface area contributed by atoms with Crippen LogP contribution in [0.15, 0.2) is 47.2 Å². The monoisotopic (exact) mass is 404 g/mol. The molecular formula is C20H16N6O2S. The standard InChI is InChI=1S/C20H16N6O2S/c1-11-16-12(2)22-18(13-6-5-9-28-13)23-20(16)29-17(11)19(27)21-10-15-25-24-14-7-3-4-8-26(14)15/h3-9H,10H2,1-2H3,(H,21,27). The van der Waals surface area contributed by atoms with Crippen molar-refractivity contribution in [1.29, 1.82) is 0 Å². The highest BCUT2D eigenvalue weighted by atomic mass is 32.1. The topological polar surface area (TPSA) is 98.2 Å². The van der Waals surface area contributed by atoms with Crippen molar-refractivity contribution in [2.75, 3.05) is 0 Å². The SMILES string of the molecule is Cc1nc(-c2ccco2)nc2sc(C(=O)NCc3nnc4ccccn34)c(C)c12. The van der Waals surface area contributed by atoms with Crippen molar-refractivity contribution in [3.05, 3.63) is 64.8 Å². The predicted octanol–water partition coefficient (Wildman–Crippen LogP) is 3.54. The van der Waals surface area contributed by atoms with Gasteiger partial charge in [-0.3, -0.25) is 9.20 Å². The van der Waals surface area contributed by atoms with E-state index < -0.39 is 0 Å². The number of aromatic nitrogens is 5. The average Bonchev–Trinajstić information content (AvgIpc) is 3.45. The third-order valence-electron chi connectivity index (χ3n) is 4.71. The largest absolute Gasteiger partial charge is 0.461 e. The molecule has 0 fully saturated rings. The molecule has 0 aliphatic carbocycles. The highest BCUT2D eigenvalue weighted by molar-refractivity contribution is 7.20. The molecule has 8 nitrogen and oxygen atoms in total. The van der Waals surface area contributed by atoms with Crippen molar-refractivity contribution in [3.63, 3.8) is 0 Å². The fourth-order valence-corrected chi connectivity index (χ4v) is 4.47. The first kappa shape index (κ1) is 17.5. The third-order valence-corrected chi connectivity index (χ3v) is 5.89. The zero-order valence-corrected chi connectivity index (χ0v) is 16.5. The average molecular weight is 404 g/mol. The van der Waals surface area contributed by atoms with Crippen LogP contribution in [-0.4, -0.2) is 30.5 Å². The minimum Gasteiger partial charge on any atom is -0.461 e. The van der Waals surface area contributed by atoms with Gasteiger partial charge in [0.25, 0.3) is 5.91 Å². The molecular weight excluding hydrogens is 388 g/mol. The number of carbonyl (C=O) groups excluding carboxylic acids is 1. The number of nitrogens with zero attached hydrogens (tertiary/aromatic N) is 5. The fraction of sp³-hybridized carbons (Fsp3) is 0.150. The van der Waals surface area contributed by atoms with Gasteiger partial charge in [0.15, 0.2) is 23.1 Å². The van der Waals surface area contributed by atoms with Crippen molar-refractivity contribution >= 4 is 33.1 Å². The summed E-state index contributed by atoms with van der Waals surface area (Å²) in [7, 11) is 0.